The van der Waals surface area contributed by atoms with Crippen LogP contribution in [0.1, 0.15) is 44.5 Å². The number of terminal acetylenes is 1. The van der Waals surface area contributed by atoms with E-state index in [0.29, 0.717) is 17.9 Å². The van der Waals surface area contributed by atoms with Crippen molar-refractivity contribution in [1.82, 2.24) is 0 Å². The van der Waals surface area contributed by atoms with E-state index < -0.39 is 5.54 Å². The molecule has 0 spiro atoms. The minimum absolute atomic E-state index is 0.163. The Kier molecular flexibility index (Phi) is 6.90. The zero-order chi connectivity index (χ0) is 19.9. The highest BCUT2D eigenvalue weighted by molar-refractivity contribution is 6.11. The second-order valence-corrected chi connectivity index (χ2v) is 6.75. The highest BCUT2D eigenvalue weighted by Gasteiger charge is 2.32. The summed E-state index contributed by atoms with van der Waals surface area (Å²) >= 11 is 0. The molecule has 0 saturated carbocycles. The van der Waals surface area contributed by atoms with Gasteiger partial charge >= 0.3 is 0 Å². The lowest BCUT2D eigenvalue weighted by Crippen LogP contribution is -2.47. The van der Waals surface area contributed by atoms with E-state index in [0.717, 1.165) is 24.3 Å². The Hall–Kier alpha value is -2.93. The fourth-order valence-electron chi connectivity index (χ4n) is 2.83. The molecule has 0 heterocycles. The molecule has 0 unspecified atom stereocenters. The van der Waals surface area contributed by atoms with Gasteiger partial charge in [-0.15, -0.1) is 6.42 Å². The predicted octanol–water partition coefficient (Wildman–Crippen LogP) is 4.97. The Balaban J connectivity index is 2.56. The summed E-state index contributed by atoms with van der Waals surface area (Å²) in [6, 6.07) is 15.0. The molecule has 0 saturated heterocycles. The van der Waals surface area contributed by atoms with Crippen molar-refractivity contribution < 1.29 is 9.53 Å². The van der Waals surface area contributed by atoms with E-state index >= 15 is 0 Å². The molecular formula is C23H28N2O2. The fourth-order valence-corrected chi connectivity index (χ4v) is 2.83. The monoisotopic (exact) mass is 364 g/mol. The molecule has 2 rings (SSSR count). The molecule has 0 aromatic heterocycles. The molecule has 0 atom stereocenters. The Morgan fingerprint density at radius 1 is 1.19 bits per heavy atom. The Labute approximate surface area is 162 Å². The molecule has 0 radical (unpaired) electrons. The van der Waals surface area contributed by atoms with Gasteiger partial charge in [0, 0.05) is 17.9 Å². The van der Waals surface area contributed by atoms with Crippen LogP contribution in [0.3, 0.4) is 0 Å². The van der Waals surface area contributed by atoms with Crippen molar-refractivity contribution >= 4 is 17.3 Å². The van der Waals surface area contributed by atoms with Crippen molar-refractivity contribution in [2.45, 2.75) is 39.7 Å². The number of rotatable bonds is 8. The maximum atomic E-state index is 13.6. The molecule has 2 aromatic carbocycles. The first kappa shape index (κ1) is 20.4. The smallest absolute Gasteiger partial charge is 0.261 e. The minimum atomic E-state index is -0.790. The maximum Gasteiger partial charge on any atom is 0.261 e. The molecule has 1 N–H and O–H groups in total. The van der Waals surface area contributed by atoms with Gasteiger partial charge in [-0.2, -0.15) is 0 Å². The number of hydrogen-bond acceptors (Lipinski definition) is 3. The van der Waals surface area contributed by atoms with Crippen LogP contribution in [-0.2, 0) is 0 Å². The number of ether oxygens (including phenoxy) is 1. The molecule has 1 amide bonds. The van der Waals surface area contributed by atoms with E-state index in [4.69, 9.17) is 11.2 Å². The van der Waals surface area contributed by atoms with Crippen molar-refractivity contribution in [2.24, 2.45) is 0 Å². The van der Waals surface area contributed by atoms with Gasteiger partial charge in [0.05, 0.1) is 12.2 Å². The topological polar surface area (TPSA) is 41.6 Å². The zero-order valence-corrected chi connectivity index (χ0v) is 16.6. The Morgan fingerprint density at radius 2 is 1.89 bits per heavy atom. The number of amides is 1. The van der Waals surface area contributed by atoms with Crippen LogP contribution < -0.4 is 15.0 Å². The molecule has 4 nitrogen and oxygen atoms in total. The minimum Gasteiger partial charge on any atom is -0.494 e. The summed E-state index contributed by atoms with van der Waals surface area (Å²) < 4.78 is 5.61. The van der Waals surface area contributed by atoms with Crippen LogP contribution >= 0.6 is 0 Å². The van der Waals surface area contributed by atoms with E-state index in [1.54, 1.807) is 11.0 Å². The molecule has 0 bridgehead atoms. The van der Waals surface area contributed by atoms with Crippen molar-refractivity contribution in [3.8, 4) is 18.1 Å². The molecule has 0 aliphatic rings. The van der Waals surface area contributed by atoms with Gasteiger partial charge in [-0.3, -0.25) is 9.69 Å². The lowest BCUT2D eigenvalue weighted by Gasteiger charge is -2.35. The van der Waals surface area contributed by atoms with Crippen molar-refractivity contribution in [3.63, 3.8) is 0 Å². The van der Waals surface area contributed by atoms with E-state index in [-0.39, 0.29) is 5.91 Å². The quantitative estimate of drug-likeness (QED) is 0.673. The second-order valence-electron chi connectivity index (χ2n) is 6.75. The van der Waals surface area contributed by atoms with Crippen molar-refractivity contribution in [3.05, 3.63) is 54.1 Å². The molecular weight excluding hydrogens is 336 g/mol. The molecule has 27 heavy (non-hydrogen) atoms. The van der Waals surface area contributed by atoms with E-state index in [2.05, 4.69) is 18.2 Å². The van der Waals surface area contributed by atoms with Crippen LogP contribution in [-0.4, -0.2) is 24.6 Å². The average molecular weight is 364 g/mol. The molecule has 0 fully saturated rings. The lowest BCUT2D eigenvalue weighted by molar-refractivity contribution is 0.0972. The number of benzene rings is 2. The average Bonchev–Trinajstić information content (AvgIpc) is 2.68. The van der Waals surface area contributed by atoms with Crippen molar-refractivity contribution in [1.29, 1.82) is 0 Å². The van der Waals surface area contributed by atoms with E-state index in [9.17, 15) is 4.79 Å². The number of para-hydroxylation sites is 1. The van der Waals surface area contributed by atoms with Crippen LogP contribution in [0.15, 0.2) is 48.5 Å². The summed E-state index contributed by atoms with van der Waals surface area (Å²) in [5.74, 6) is 3.25. The summed E-state index contributed by atoms with van der Waals surface area (Å²) in [7, 11) is 0. The second kappa shape index (κ2) is 9.14. The van der Waals surface area contributed by atoms with Gasteiger partial charge in [0.15, 0.2) is 0 Å². The first-order chi connectivity index (χ1) is 12.9. The van der Waals surface area contributed by atoms with E-state index in [1.807, 2.05) is 63.2 Å². The van der Waals surface area contributed by atoms with Crippen LogP contribution in [0.5, 0.6) is 5.75 Å². The first-order valence-electron chi connectivity index (χ1n) is 9.32. The number of carbonyl (C=O) groups excluding carboxylic acids is 1. The molecule has 2 aromatic rings. The van der Waals surface area contributed by atoms with Crippen LogP contribution in [0.4, 0.5) is 11.4 Å². The van der Waals surface area contributed by atoms with Gasteiger partial charge in [-0.1, -0.05) is 31.0 Å². The van der Waals surface area contributed by atoms with Crippen LogP contribution in [0.2, 0.25) is 0 Å². The number of anilines is 2. The zero-order valence-electron chi connectivity index (χ0n) is 16.6. The summed E-state index contributed by atoms with van der Waals surface area (Å²) in [4.78, 5) is 15.3. The van der Waals surface area contributed by atoms with Gasteiger partial charge < -0.3 is 10.1 Å². The van der Waals surface area contributed by atoms with Gasteiger partial charge in [0.25, 0.3) is 5.91 Å². The van der Waals surface area contributed by atoms with Crippen LogP contribution in [0, 0.1) is 12.3 Å². The predicted molar refractivity (Wildman–Crippen MR) is 113 cm³/mol. The highest BCUT2D eigenvalue weighted by Crippen LogP contribution is 2.30. The summed E-state index contributed by atoms with van der Waals surface area (Å²) in [5.41, 5.74) is 1.29. The third kappa shape index (κ3) is 4.83. The number of nitrogens with zero attached hydrogens (tertiary/aromatic N) is 1. The third-order valence-electron chi connectivity index (χ3n) is 4.23. The summed E-state index contributed by atoms with van der Waals surface area (Å²) in [6.07, 6.45) is 6.73. The largest absolute Gasteiger partial charge is 0.494 e. The lowest BCUT2D eigenvalue weighted by atomic mass is 10.00. The number of carbonyl (C=O) groups is 1. The van der Waals surface area contributed by atoms with Crippen LogP contribution in [0.25, 0.3) is 0 Å². The summed E-state index contributed by atoms with van der Waals surface area (Å²) in [5, 5.41) is 3.33. The molecule has 4 heteroatoms. The maximum absolute atomic E-state index is 13.6. The van der Waals surface area contributed by atoms with Gasteiger partial charge in [0.1, 0.15) is 11.3 Å². The van der Waals surface area contributed by atoms with Gasteiger partial charge in [-0.25, -0.2) is 0 Å². The van der Waals surface area contributed by atoms with E-state index in [1.165, 1.54) is 0 Å². The van der Waals surface area contributed by atoms with Crippen molar-refractivity contribution in [2.75, 3.05) is 23.4 Å². The highest BCUT2D eigenvalue weighted by atomic mass is 16.5. The number of hydrogen-bond donors (Lipinski definition) is 1. The van der Waals surface area contributed by atoms with Gasteiger partial charge in [0.2, 0.25) is 0 Å². The molecule has 142 valence electrons. The van der Waals surface area contributed by atoms with Gasteiger partial charge in [-0.05, 0) is 57.5 Å². The molecule has 0 aliphatic carbocycles. The first-order valence-corrected chi connectivity index (χ1v) is 9.32. The number of nitrogens with one attached hydrogen (secondary N) is 1. The molecule has 0 aliphatic heterocycles. The fraction of sp³-hybridized carbons (Fsp3) is 0.348. The Bertz CT molecular complexity index is 807. The third-order valence-corrected chi connectivity index (χ3v) is 4.23. The standard InChI is InChI=1S/C23H28N2O2/c1-6-16-24-21-15-14-19(27-8-3)17-20(21)22(26)25(23(4,5)7-2)18-12-10-9-11-13-18/h2,9-15,17,24H,6,8,16H2,1,3-5H3. The normalized spacial score (nSPS) is 10.8. The Morgan fingerprint density at radius 3 is 2.48 bits per heavy atom. The summed E-state index contributed by atoms with van der Waals surface area (Å²) in [6.45, 7) is 9.04. The SMILES string of the molecule is C#CC(C)(C)N(C(=O)c1cc(OCC)ccc1NCCC)c1ccccc1.